The van der Waals surface area contributed by atoms with Gasteiger partial charge in [0, 0.05) is 5.02 Å². The summed E-state index contributed by atoms with van der Waals surface area (Å²) in [5, 5.41) is 0.866. The van der Waals surface area contributed by atoms with E-state index in [4.69, 9.17) is 25.5 Å². The molecule has 0 aliphatic carbocycles. The first kappa shape index (κ1) is 25.7. The molecule has 0 radical (unpaired) electrons. The zero-order valence-corrected chi connectivity index (χ0v) is 22.2. The lowest BCUT2D eigenvalue weighted by Gasteiger charge is -2.23. The largest absolute Gasteiger partial charge is 0.494 e. The Balaban J connectivity index is 1.70. The van der Waals surface area contributed by atoms with Crippen molar-refractivity contribution < 1.29 is 23.5 Å². The van der Waals surface area contributed by atoms with Gasteiger partial charge in [0.1, 0.15) is 22.8 Å². The van der Waals surface area contributed by atoms with Crippen LogP contribution in [0.4, 0.5) is 5.13 Å². The lowest BCUT2D eigenvalue weighted by Crippen LogP contribution is -2.29. The number of ether oxygens (including phenoxy) is 2. The Morgan fingerprint density at radius 3 is 2.84 bits per heavy atom. The Bertz CT molecular complexity index is 1640. The van der Waals surface area contributed by atoms with E-state index in [0.717, 1.165) is 17.8 Å². The molecule has 0 saturated carbocycles. The molecular formula is C28H23ClN2O6S. The SMILES string of the molecule is C=CCOC(=O)c1sc(N2C(=O)c3oc4ccc(Cl)cc4c(=O)c3C2c2cccc(OCCC)c2)nc1C. The van der Waals surface area contributed by atoms with Crippen LogP contribution in [0.25, 0.3) is 11.0 Å². The van der Waals surface area contributed by atoms with Crippen molar-refractivity contribution in [2.45, 2.75) is 26.3 Å². The monoisotopic (exact) mass is 550 g/mol. The molecule has 4 aromatic rings. The molecule has 1 aliphatic rings. The number of fused-ring (bicyclic) bond motifs is 2. The van der Waals surface area contributed by atoms with Crippen LogP contribution < -0.4 is 15.1 Å². The van der Waals surface area contributed by atoms with Crippen molar-refractivity contribution >= 4 is 50.9 Å². The van der Waals surface area contributed by atoms with Crippen LogP contribution in [-0.2, 0) is 4.74 Å². The topological polar surface area (TPSA) is 98.9 Å². The Labute approximate surface area is 227 Å². The molecule has 0 spiro atoms. The van der Waals surface area contributed by atoms with Crippen molar-refractivity contribution in [3.63, 3.8) is 0 Å². The van der Waals surface area contributed by atoms with E-state index in [1.807, 2.05) is 13.0 Å². The van der Waals surface area contributed by atoms with Crippen LogP contribution in [-0.4, -0.2) is 30.1 Å². The molecule has 0 saturated heterocycles. The lowest BCUT2D eigenvalue weighted by atomic mass is 9.98. The minimum Gasteiger partial charge on any atom is -0.494 e. The third-order valence-electron chi connectivity index (χ3n) is 5.99. The van der Waals surface area contributed by atoms with Gasteiger partial charge in [0.05, 0.1) is 29.3 Å². The number of aromatic nitrogens is 1. The summed E-state index contributed by atoms with van der Waals surface area (Å²) in [6.45, 7) is 7.77. The molecule has 0 N–H and O–H groups in total. The first-order valence-electron chi connectivity index (χ1n) is 11.9. The van der Waals surface area contributed by atoms with Crippen LogP contribution in [0.5, 0.6) is 5.75 Å². The van der Waals surface area contributed by atoms with Gasteiger partial charge in [-0.05, 0) is 49.2 Å². The molecule has 10 heteroatoms. The molecule has 2 aromatic heterocycles. The van der Waals surface area contributed by atoms with Gasteiger partial charge in [0.25, 0.3) is 5.91 Å². The van der Waals surface area contributed by atoms with Crippen molar-refractivity contribution in [1.82, 2.24) is 4.98 Å². The zero-order valence-electron chi connectivity index (χ0n) is 20.7. The van der Waals surface area contributed by atoms with E-state index >= 15 is 0 Å². The predicted octanol–water partition coefficient (Wildman–Crippen LogP) is 6.09. The maximum absolute atomic E-state index is 13.8. The fourth-order valence-electron chi connectivity index (χ4n) is 4.33. The molecule has 38 heavy (non-hydrogen) atoms. The molecule has 0 bridgehead atoms. The summed E-state index contributed by atoms with van der Waals surface area (Å²) in [5.41, 5.74) is 1.07. The van der Waals surface area contributed by atoms with Gasteiger partial charge in [0.2, 0.25) is 5.76 Å². The summed E-state index contributed by atoms with van der Waals surface area (Å²) in [5.74, 6) is -0.601. The van der Waals surface area contributed by atoms with Crippen LogP contribution in [0.15, 0.2) is 64.3 Å². The second kappa shape index (κ2) is 10.4. The van der Waals surface area contributed by atoms with Gasteiger partial charge in [-0.15, -0.1) is 0 Å². The van der Waals surface area contributed by atoms with E-state index in [0.29, 0.717) is 28.6 Å². The second-order valence-electron chi connectivity index (χ2n) is 8.61. The number of hydrogen-bond donors (Lipinski definition) is 0. The molecule has 5 rings (SSSR count). The van der Waals surface area contributed by atoms with E-state index in [2.05, 4.69) is 11.6 Å². The van der Waals surface area contributed by atoms with Crippen molar-refractivity contribution in [3.05, 3.63) is 97.8 Å². The molecule has 2 aromatic carbocycles. The smallest absolute Gasteiger partial charge is 0.350 e. The van der Waals surface area contributed by atoms with Crippen LogP contribution >= 0.6 is 22.9 Å². The normalized spacial score (nSPS) is 14.6. The minimum atomic E-state index is -0.870. The Hall–Kier alpha value is -3.95. The Morgan fingerprint density at radius 2 is 2.08 bits per heavy atom. The number of amides is 1. The zero-order chi connectivity index (χ0) is 27.0. The molecular weight excluding hydrogens is 528 g/mol. The highest BCUT2D eigenvalue weighted by molar-refractivity contribution is 7.17. The number of carbonyl (C=O) groups is 2. The highest BCUT2D eigenvalue weighted by Crippen LogP contribution is 2.44. The number of rotatable bonds is 8. The number of halogens is 1. The van der Waals surface area contributed by atoms with Crippen LogP contribution in [0.3, 0.4) is 0 Å². The van der Waals surface area contributed by atoms with Gasteiger partial charge < -0.3 is 13.9 Å². The van der Waals surface area contributed by atoms with Crippen LogP contribution in [0.2, 0.25) is 5.02 Å². The summed E-state index contributed by atoms with van der Waals surface area (Å²) in [6.07, 6.45) is 2.29. The third kappa shape index (κ3) is 4.48. The first-order valence-corrected chi connectivity index (χ1v) is 13.1. The fraction of sp³-hybridized carbons (Fsp3) is 0.214. The van der Waals surface area contributed by atoms with E-state index in [9.17, 15) is 14.4 Å². The van der Waals surface area contributed by atoms with Gasteiger partial charge in [-0.25, -0.2) is 9.78 Å². The Morgan fingerprint density at radius 1 is 1.26 bits per heavy atom. The number of thiazole rings is 1. The number of benzene rings is 2. The minimum absolute atomic E-state index is 0.0420. The summed E-state index contributed by atoms with van der Waals surface area (Å²) < 4.78 is 17.0. The molecule has 194 valence electrons. The maximum atomic E-state index is 13.8. The fourth-order valence-corrected chi connectivity index (χ4v) is 5.49. The highest BCUT2D eigenvalue weighted by Gasteiger charge is 2.45. The van der Waals surface area contributed by atoms with Crippen molar-refractivity contribution in [3.8, 4) is 5.75 Å². The third-order valence-corrected chi connectivity index (χ3v) is 7.36. The average Bonchev–Trinajstić information content (AvgIpc) is 3.44. The van der Waals surface area contributed by atoms with Crippen LogP contribution in [0.1, 0.15) is 56.4 Å². The lowest BCUT2D eigenvalue weighted by molar-refractivity contribution is 0.0554. The number of carbonyl (C=O) groups excluding carboxylic acids is 2. The summed E-state index contributed by atoms with van der Waals surface area (Å²) in [4.78, 5) is 46.4. The van der Waals surface area contributed by atoms with Crippen molar-refractivity contribution in [2.24, 2.45) is 0 Å². The number of aryl methyl sites for hydroxylation is 1. The summed E-state index contributed by atoms with van der Waals surface area (Å²) in [7, 11) is 0. The molecule has 3 heterocycles. The molecule has 8 nitrogen and oxygen atoms in total. The average molecular weight is 551 g/mol. The Kier molecular flexibility index (Phi) is 7.05. The molecule has 1 unspecified atom stereocenters. The number of nitrogens with zero attached hydrogens (tertiary/aromatic N) is 2. The molecule has 1 amide bonds. The van der Waals surface area contributed by atoms with Crippen molar-refractivity contribution in [2.75, 3.05) is 18.1 Å². The highest BCUT2D eigenvalue weighted by atomic mass is 35.5. The van der Waals surface area contributed by atoms with E-state index in [1.165, 1.54) is 17.0 Å². The van der Waals surface area contributed by atoms with Crippen LogP contribution in [0, 0.1) is 6.92 Å². The first-order chi connectivity index (χ1) is 18.3. The van der Waals surface area contributed by atoms with Crippen molar-refractivity contribution in [1.29, 1.82) is 0 Å². The second-order valence-corrected chi connectivity index (χ2v) is 10.0. The predicted molar refractivity (Wildman–Crippen MR) is 146 cm³/mol. The van der Waals surface area contributed by atoms with E-state index in [1.54, 1.807) is 37.3 Å². The quantitative estimate of drug-likeness (QED) is 0.193. The number of esters is 1. The maximum Gasteiger partial charge on any atom is 0.350 e. The van der Waals surface area contributed by atoms with Gasteiger partial charge in [-0.2, -0.15) is 0 Å². The molecule has 1 atom stereocenters. The van der Waals surface area contributed by atoms with E-state index < -0.39 is 17.9 Å². The summed E-state index contributed by atoms with van der Waals surface area (Å²) in [6, 6.07) is 11.0. The standard InChI is InChI=1S/C28H23ClN2O6S/c1-4-11-35-18-8-6-7-16(13-18)22-21-23(32)19-14-17(29)9-10-20(19)37-24(21)26(33)31(22)28-30-15(3)25(38-28)27(34)36-12-5-2/h5-10,13-14,22H,2,4,11-12H2,1,3H3. The van der Waals surface area contributed by atoms with Gasteiger partial charge in [-0.1, -0.05) is 54.6 Å². The molecule has 1 aliphatic heterocycles. The number of hydrogen-bond acceptors (Lipinski definition) is 8. The summed E-state index contributed by atoms with van der Waals surface area (Å²) >= 11 is 7.18. The number of anilines is 1. The van der Waals surface area contributed by atoms with E-state index in [-0.39, 0.29) is 44.3 Å². The van der Waals surface area contributed by atoms with Gasteiger partial charge in [0.15, 0.2) is 10.6 Å². The van der Waals surface area contributed by atoms with Gasteiger partial charge in [-0.3, -0.25) is 14.5 Å². The van der Waals surface area contributed by atoms with Gasteiger partial charge >= 0.3 is 5.97 Å². The molecule has 0 fully saturated rings.